The molecule has 0 aliphatic carbocycles. The van der Waals surface area contributed by atoms with E-state index in [9.17, 15) is 0 Å². The van der Waals surface area contributed by atoms with Gasteiger partial charge in [-0.25, -0.2) is 0 Å². The zero-order valence-corrected chi connectivity index (χ0v) is 19.2. The van der Waals surface area contributed by atoms with Crippen LogP contribution in [0.15, 0.2) is 48.5 Å². The zero-order chi connectivity index (χ0) is 21.6. The van der Waals surface area contributed by atoms with Gasteiger partial charge in [-0.15, -0.1) is 0 Å². The topological polar surface area (TPSA) is 30.9 Å². The van der Waals surface area contributed by atoms with Gasteiger partial charge in [-0.1, -0.05) is 57.4 Å². The minimum atomic E-state index is 0.253. The van der Waals surface area contributed by atoms with Crippen molar-refractivity contribution >= 4 is 0 Å². The van der Waals surface area contributed by atoms with Gasteiger partial charge in [0.05, 0.1) is 20.3 Å². The van der Waals surface area contributed by atoms with E-state index in [4.69, 9.17) is 14.2 Å². The molecular formula is C26H39NO3. The highest BCUT2D eigenvalue weighted by molar-refractivity contribution is 5.28. The standard InChI is InChI=1S/C26H39NO3/c1-5-7-8-9-18-30-24(6-2)21-27(19-22-10-14-25(28-3)15-11-22)20-23-12-16-26(29-4)17-13-23/h10-17,24H,5-9,18-21H2,1-4H3. The normalized spacial score (nSPS) is 12.2. The van der Waals surface area contributed by atoms with Crippen molar-refractivity contribution in [2.75, 3.05) is 27.4 Å². The van der Waals surface area contributed by atoms with Crippen molar-refractivity contribution in [1.29, 1.82) is 0 Å². The Morgan fingerprint density at radius 3 is 1.70 bits per heavy atom. The van der Waals surface area contributed by atoms with Crippen molar-refractivity contribution in [3.63, 3.8) is 0 Å². The lowest BCUT2D eigenvalue weighted by atomic mass is 10.1. The quantitative estimate of drug-likeness (QED) is 0.331. The first-order valence-electron chi connectivity index (χ1n) is 11.3. The minimum absolute atomic E-state index is 0.253. The Labute approximate surface area is 183 Å². The predicted molar refractivity (Wildman–Crippen MR) is 124 cm³/mol. The number of ether oxygens (including phenoxy) is 3. The first-order chi connectivity index (χ1) is 14.7. The van der Waals surface area contributed by atoms with E-state index in [-0.39, 0.29) is 6.10 Å². The summed E-state index contributed by atoms with van der Waals surface area (Å²) in [7, 11) is 3.41. The Hall–Kier alpha value is -2.04. The second kappa shape index (κ2) is 14.1. The number of nitrogens with zero attached hydrogens (tertiary/aromatic N) is 1. The highest BCUT2D eigenvalue weighted by atomic mass is 16.5. The van der Waals surface area contributed by atoms with Crippen molar-refractivity contribution in [2.24, 2.45) is 0 Å². The highest BCUT2D eigenvalue weighted by Crippen LogP contribution is 2.18. The molecule has 2 aromatic carbocycles. The van der Waals surface area contributed by atoms with E-state index in [1.54, 1.807) is 14.2 Å². The molecule has 0 amide bonds. The molecule has 1 unspecified atom stereocenters. The molecule has 4 heteroatoms. The molecule has 4 nitrogen and oxygen atoms in total. The lowest BCUT2D eigenvalue weighted by Crippen LogP contribution is -2.33. The van der Waals surface area contributed by atoms with Gasteiger partial charge in [-0.05, 0) is 48.2 Å². The van der Waals surface area contributed by atoms with Gasteiger partial charge in [-0.2, -0.15) is 0 Å². The van der Waals surface area contributed by atoms with Crippen molar-refractivity contribution in [1.82, 2.24) is 4.90 Å². The van der Waals surface area contributed by atoms with Gasteiger partial charge in [0.1, 0.15) is 11.5 Å². The number of methoxy groups -OCH3 is 2. The average Bonchev–Trinajstić information content (AvgIpc) is 2.79. The Kier molecular flexibility index (Phi) is 11.3. The summed E-state index contributed by atoms with van der Waals surface area (Å²) >= 11 is 0. The molecule has 2 rings (SSSR count). The molecule has 0 aromatic heterocycles. The smallest absolute Gasteiger partial charge is 0.118 e. The average molecular weight is 414 g/mol. The molecule has 0 aliphatic rings. The van der Waals surface area contributed by atoms with Crippen LogP contribution in [0.5, 0.6) is 11.5 Å². The van der Waals surface area contributed by atoms with Gasteiger partial charge in [0, 0.05) is 26.2 Å². The van der Waals surface area contributed by atoms with Gasteiger partial charge in [0.15, 0.2) is 0 Å². The lowest BCUT2D eigenvalue weighted by Gasteiger charge is -2.27. The van der Waals surface area contributed by atoms with E-state index in [0.717, 1.165) is 50.6 Å². The van der Waals surface area contributed by atoms with Crippen LogP contribution in [0.2, 0.25) is 0 Å². The Morgan fingerprint density at radius 1 is 0.733 bits per heavy atom. The summed E-state index contributed by atoms with van der Waals surface area (Å²) in [5.74, 6) is 1.78. The first kappa shape index (κ1) is 24.2. The van der Waals surface area contributed by atoms with E-state index in [1.165, 1.54) is 30.4 Å². The van der Waals surface area contributed by atoms with Gasteiger partial charge < -0.3 is 14.2 Å². The van der Waals surface area contributed by atoms with Crippen molar-refractivity contribution in [3.8, 4) is 11.5 Å². The van der Waals surface area contributed by atoms with Crippen LogP contribution in [0, 0.1) is 0 Å². The minimum Gasteiger partial charge on any atom is -0.497 e. The van der Waals surface area contributed by atoms with Crippen molar-refractivity contribution in [2.45, 2.75) is 65.1 Å². The van der Waals surface area contributed by atoms with Crippen LogP contribution in [0.1, 0.15) is 57.1 Å². The van der Waals surface area contributed by atoms with E-state index in [0.29, 0.717) is 0 Å². The highest BCUT2D eigenvalue weighted by Gasteiger charge is 2.15. The number of rotatable bonds is 15. The van der Waals surface area contributed by atoms with Gasteiger partial charge in [0.25, 0.3) is 0 Å². The number of unbranched alkanes of at least 4 members (excludes halogenated alkanes) is 3. The van der Waals surface area contributed by atoms with Crippen LogP contribution >= 0.6 is 0 Å². The molecule has 0 saturated heterocycles. The number of hydrogen-bond acceptors (Lipinski definition) is 4. The van der Waals surface area contributed by atoms with Crippen LogP contribution in [-0.2, 0) is 17.8 Å². The van der Waals surface area contributed by atoms with E-state index in [2.05, 4.69) is 43.0 Å². The van der Waals surface area contributed by atoms with Gasteiger partial charge in [0.2, 0.25) is 0 Å². The summed E-state index contributed by atoms with van der Waals surface area (Å²) in [6, 6.07) is 16.7. The summed E-state index contributed by atoms with van der Waals surface area (Å²) in [5, 5.41) is 0. The van der Waals surface area contributed by atoms with Crippen LogP contribution in [0.3, 0.4) is 0 Å². The van der Waals surface area contributed by atoms with E-state index in [1.807, 2.05) is 24.3 Å². The van der Waals surface area contributed by atoms with Crippen LogP contribution in [0.25, 0.3) is 0 Å². The Balaban J connectivity index is 2.01. The number of benzene rings is 2. The third-order valence-corrected chi connectivity index (χ3v) is 5.40. The van der Waals surface area contributed by atoms with E-state index >= 15 is 0 Å². The molecule has 1 atom stereocenters. The fraction of sp³-hybridized carbons (Fsp3) is 0.538. The molecular weight excluding hydrogens is 374 g/mol. The zero-order valence-electron chi connectivity index (χ0n) is 19.2. The maximum absolute atomic E-state index is 6.24. The molecule has 30 heavy (non-hydrogen) atoms. The SMILES string of the molecule is CCCCCCOC(CC)CN(Cc1ccc(OC)cc1)Cc1ccc(OC)cc1. The van der Waals surface area contributed by atoms with Crippen LogP contribution in [-0.4, -0.2) is 38.4 Å². The summed E-state index contributed by atoms with van der Waals surface area (Å²) in [5.41, 5.74) is 2.56. The molecule has 0 radical (unpaired) electrons. The second-order valence-electron chi connectivity index (χ2n) is 7.83. The molecule has 0 aliphatic heterocycles. The first-order valence-corrected chi connectivity index (χ1v) is 11.3. The summed E-state index contributed by atoms with van der Waals surface area (Å²) < 4.78 is 16.8. The fourth-order valence-corrected chi connectivity index (χ4v) is 3.53. The summed E-state index contributed by atoms with van der Waals surface area (Å²) in [4.78, 5) is 2.48. The van der Waals surface area contributed by atoms with Crippen LogP contribution < -0.4 is 9.47 Å². The van der Waals surface area contributed by atoms with E-state index < -0.39 is 0 Å². The third-order valence-electron chi connectivity index (χ3n) is 5.40. The molecule has 0 N–H and O–H groups in total. The second-order valence-corrected chi connectivity index (χ2v) is 7.83. The molecule has 0 saturated carbocycles. The molecule has 0 fully saturated rings. The van der Waals surface area contributed by atoms with Gasteiger partial charge >= 0.3 is 0 Å². The monoisotopic (exact) mass is 413 g/mol. The largest absolute Gasteiger partial charge is 0.497 e. The maximum Gasteiger partial charge on any atom is 0.118 e. The number of hydrogen-bond donors (Lipinski definition) is 0. The van der Waals surface area contributed by atoms with Gasteiger partial charge in [-0.3, -0.25) is 4.90 Å². The third kappa shape index (κ3) is 8.76. The van der Waals surface area contributed by atoms with Crippen molar-refractivity contribution < 1.29 is 14.2 Å². The summed E-state index contributed by atoms with van der Waals surface area (Å²) in [6.07, 6.45) is 6.24. The molecule has 0 spiro atoms. The molecule has 0 heterocycles. The van der Waals surface area contributed by atoms with Crippen molar-refractivity contribution in [3.05, 3.63) is 59.7 Å². The maximum atomic E-state index is 6.24. The lowest BCUT2D eigenvalue weighted by molar-refractivity contribution is 0.0181. The molecule has 0 bridgehead atoms. The molecule has 2 aromatic rings. The molecule has 166 valence electrons. The predicted octanol–water partition coefficient (Wildman–Crippen LogP) is 6.08. The summed E-state index contributed by atoms with van der Waals surface area (Å²) in [6.45, 7) is 8.00. The Morgan fingerprint density at radius 2 is 1.27 bits per heavy atom. The Bertz CT molecular complexity index is 635. The fourth-order valence-electron chi connectivity index (χ4n) is 3.53. The van der Waals surface area contributed by atoms with Crippen LogP contribution in [0.4, 0.5) is 0 Å².